The maximum absolute atomic E-state index is 5.66. The molecule has 2 heterocycles. The van der Waals surface area contributed by atoms with E-state index in [0.717, 1.165) is 11.5 Å². The highest BCUT2D eigenvalue weighted by atomic mass is 15.1. The summed E-state index contributed by atoms with van der Waals surface area (Å²) in [4.78, 5) is 8.45. The van der Waals surface area contributed by atoms with Gasteiger partial charge in [-0.1, -0.05) is 0 Å². The zero-order valence-corrected chi connectivity index (χ0v) is 7.85. The largest absolute Gasteiger partial charge is 0.325 e. The summed E-state index contributed by atoms with van der Waals surface area (Å²) < 4.78 is 2.09. The highest BCUT2D eigenvalue weighted by Crippen LogP contribution is 2.40. The van der Waals surface area contributed by atoms with Crippen LogP contribution < -0.4 is 5.73 Å². The van der Waals surface area contributed by atoms with Crippen LogP contribution in [0.15, 0.2) is 18.5 Å². The summed E-state index contributed by atoms with van der Waals surface area (Å²) in [6, 6.07) is 2.07. The zero-order valence-electron chi connectivity index (χ0n) is 7.85. The average molecular weight is 188 g/mol. The molecule has 3 rings (SSSR count). The van der Waals surface area contributed by atoms with E-state index in [1.165, 1.54) is 18.5 Å². The van der Waals surface area contributed by atoms with E-state index < -0.39 is 0 Å². The van der Waals surface area contributed by atoms with Gasteiger partial charge in [0.05, 0.1) is 11.9 Å². The van der Waals surface area contributed by atoms with Gasteiger partial charge in [0, 0.05) is 18.4 Å². The SMILES string of the molecule is NCc1cnc2nccc(C3CC3)n12. The number of fused-ring (bicyclic) bond motifs is 1. The van der Waals surface area contributed by atoms with Crippen LogP contribution in [0, 0.1) is 0 Å². The highest BCUT2D eigenvalue weighted by molar-refractivity contribution is 5.36. The van der Waals surface area contributed by atoms with Gasteiger partial charge in [-0.05, 0) is 24.8 Å². The molecule has 0 spiro atoms. The smallest absolute Gasteiger partial charge is 0.234 e. The van der Waals surface area contributed by atoms with Crippen molar-refractivity contribution in [1.29, 1.82) is 0 Å². The summed E-state index contributed by atoms with van der Waals surface area (Å²) in [6.07, 6.45) is 6.20. The van der Waals surface area contributed by atoms with E-state index in [1.807, 2.05) is 12.4 Å². The van der Waals surface area contributed by atoms with Gasteiger partial charge in [-0.2, -0.15) is 0 Å². The van der Waals surface area contributed by atoms with E-state index in [9.17, 15) is 0 Å². The molecule has 2 aromatic heterocycles. The average Bonchev–Trinajstić information content (AvgIpc) is 2.97. The molecule has 0 saturated heterocycles. The van der Waals surface area contributed by atoms with Crippen molar-refractivity contribution in [2.45, 2.75) is 25.3 Å². The molecular weight excluding hydrogens is 176 g/mol. The Balaban J connectivity index is 2.30. The first-order chi connectivity index (χ1) is 6.90. The van der Waals surface area contributed by atoms with Gasteiger partial charge in [-0.3, -0.25) is 4.40 Å². The topological polar surface area (TPSA) is 56.2 Å². The summed E-state index contributed by atoms with van der Waals surface area (Å²) in [5.74, 6) is 1.47. The first-order valence-electron chi connectivity index (χ1n) is 4.91. The van der Waals surface area contributed by atoms with Crippen LogP contribution in [0.3, 0.4) is 0 Å². The number of rotatable bonds is 2. The summed E-state index contributed by atoms with van der Waals surface area (Å²) in [5.41, 5.74) is 8.03. The Bertz CT molecular complexity index is 470. The van der Waals surface area contributed by atoms with Crippen LogP contribution in [0.5, 0.6) is 0 Å². The van der Waals surface area contributed by atoms with Crippen molar-refractivity contribution in [2.75, 3.05) is 0 Å². The van der Waals surface area contributed by atoms with Crippen molar-refractivity contribution in [2.24, 2.45) is 5.73 Å². The zero-order chi connectivity index (χ0) is 9.54. The molecule has 1 aliphatic rings. The Morgan fingerprint density at radius 2 is 2.29 bits per heavy atom. The Morgan fingerprint density at radius 1 is 1.43 bits per heavy atom. The second-order valence-corrected chi connectivity index (χ2v) is 3.73. The number of hydrogen-bond acceptors (Lipinski definition) is 3. The monoisotopic (exact) mass is 188 g/mol. The van der Waals surface area contributed by atoms with Crippen molar-refractivity contribution >= 4 is 5.78 Å². The lowest BCUT2D eigenvalue weighted by Crippen LogP contribution is -2.05. The van der Waals surface area contributed by atoms with E-state index in [0.29, 0.717) is 12.5 Å². The third kappa shape index (κ3) is 1.04. The van der Waals surface area contributed by atoms with E-state index in [1.54, 1.807) is 0 Å². The van der Waals surface area contributed by atoms with Gasteiger partial charge in [-0.25, -0.2) is 9.97 Å². The minimum atomic E-state index is 0.520. The molecule has 0 bridgehead atoms. The number of nitrogens with two attached hydrogens (primary N) is 1. The molecule has 0 unspecified atom stereocenters. The molecule has 2 N–H and O–H groups in total. The Hall–Kier alpha value is -1.42. The fraction of sp³-hybridized carbons (Fsp3) is 0.400. The van der Waals surface area contributed by atoms with Crippen LogP contribution in [0.1, 0.15) is 30.1 Å². The van der Waals surface area contributed by atoms with Crippen molar-refractivity contribution < 1.29 is 0 Å². The Labute approximate surface area is 81.8 Å². The Morgan fingerprint density at radius 3 is 3.00 bits per heavy atom. The molecule has 0 radical (unpaired) electrons. The molecule has 14 heavy (non-hydrogen) atoms. The lowest BCUT2D eigenvalue weighted by Gasteiger charge is -2.05. The number of aromatic nitrogens is 3. The lowest BCUT2D eigenvalue weighted by molar-refractivity contribution is 0.873. The van der Waals surface area contributed by atoms with E-state index in [4.69, 9.17) is 5.73 Å². The van der Waals surface area contributed by atoms with Crippen LogP contribution in [-0.4, -0.2) is 14.4 Å². The van der Waals surface area contributed by atoms with Crippen LogP contribution in [0.2, 0.25) is 0 Å². The molecule has 1 fully saturated rings. The fourth-order valence-corrected chi connectivity index (χ4v) is 1.85. The third-order valence-electron chi connectivity index (χ3n) is 2.71. The van der Waals surface area contributed by atoms with Crippen LogP contribution in [0.25, 0.3) is 5.78 Å². The minimum Gasteiger partial charge on any atom is -0.325 e. The predicted octanol–water partition coefficient (Wildman–Crippen LogP) is 1.07. The molecule has 72 valence electrons. The quantitative estimate of drug-likeness (QED) is 0.766. The Kier molecular flexibility index (Phi) is 1.58. The molecule has 4 nitrogen and oxygen atoms in total. The van der Waals surface area contributed by atoms with Crippen molar-refractivity contribution in [3.05, 3.63) is 29.8 Å². The van der Waals surface area contributed by atoms with Gasteiger partial charge in [-0.15, -0.1) is 0 Å². The van der Waals surface area contributed by atoms with Gasteiger partial charge in [0.2, 0.25) is 5.78 Å². The van der Waals surface area contributed by atoms with Gasteiger partial charge in [0.15, 0.2) is 0 Å². The number of imidazole rings is 1. The first kappa shape index (κ1) is 7.94. The first-order valence-corrected chi connectivity index (χ1v) is 4.91. The van der Waals surface area contributed by atoms with E-state index in [-0.39, 0.29) is 0 Å². The lowest BCUT2D eigenvalue weighted by atomic mass is 10.3. The number of nitrogens with zero attached hydrogens (tertiary/aromatic N) is 3. The summed E-state index contributed by atoms with van der Waals surface area (Å²) >= 11 is 0. The number of hydrogen-bond donors (Lipinski definition) is 1. The minimum absolute atomic E-state index is 0.520. The highest BCUT2D eigenvalue weighted by Gasteiger charge is 2.26. The van der Waals surface area contributed by atoms with Crippen molar-refractivity contribution in [3.8, 4) is 0 Å². The molecule has 0 aliphatic heterocycles. The van der Waals surface area contributed by atoms with Crippen molar-refractivity contribution in [3.63, 3.8) is 0 Å². The van der Waals surface area contributed by atoms with Gasteiger partial charge in [0.1, 0.15) is 0 Å². The summed E-state index contributed by atoms with van der Waals surface area (Å²) in [7, 11) is 0. The molecule has 0 atom stereocenters. The molecule has 1 aliphatic carbocycles. The molecular formula is C10H12N4. The fourth-order valence-electron chi connectivity index (χ4n) is 1.85. The van der Waals surface area contributed by atoms with Gasteiger partial charge >= 0.3 is 0 Å². The van der Waals surface area contributed by atoms with E-state index in [2.05, 4.69) is 20.4 Å². The second kappa shape index (κ2) is 2.78. The predicted molar refractivity (Wildman–Crippen MR) is 52.9 cm³/mol. The molecule has 2 aromatic rings. The molecule has 0 amide bonds. The van der Waals surface area contributed by atoms with Gasteiger partial charge in [0.25, 0.3) is 0 Å². The summed E-state index contributed by atoms with van der Waals surface area (Å²) in [5, 5.41) is 0. The van der Waals surface area contributed by atoms with Crippen LogP contribution in [-0.2, 0) is 6.54 Å². The van der Waals surface area contributed by atoms with Crippen LogP contribution in [0.4, 0.5) is 0 Å². The van der Waals surface area contributed by atoms with E-state index >= 15 is 0 Å². The third-order valence-corrected chi connectivity index (χ3v) is 2.71. The molecule has 4 heteroatoms. The second-order valence-electron chi connectivity index (χ2n) is 3.73. The van der Waals surface area contributed by atoms with Crippen molar-refractivity contribution in [1.82, 2.24) is 14.4 Å². The van der Waals surface area contributed by atoms with Gasteiger partial charge < -0.3 is 5.73 Å². The standard InChI is InChI=1S/C10H12N4/c11-5-8-6-13-10-12-4-3-9(14(8)10)7-1-2-7/h3-4,6-7H,1-2,5,11H2. The van der Waals surface area contributed by atoms with Crippen LogP contribution >= 0.6 is 0 Å². The maximum atomic E-state index is 5.66. The molecule has 0 aromatic carbocycles. The summed E-state index contributed by atoms with van der Waals surface area (Å²) in [6.45, 7) is 0.520. The normalized spacial score (nSPS) is 16.4. The maximum Gasteiger partial charge on any atom is 0.234 e. The molecule has 1 saturated carbocycles.